The van der Waals surface area contributed by atoms with Gasteiger partial charge in [0.05, 0.1) is 14.3 Å². The third kappa shape index (κ3) is 1.75. The van der Waals surface area contributed by atoms with Gasteiger partial charge in [-0.1, -0.05) is 0 Å². The number of aliphatic hydroxyl groups is 3. The molecule has 1 saturated heterocycles. The number of nitrogens with two attached hydrogens (primary N) is 1. The molecule has 9 nitrogen and oxygen atoms in total. The summed E-state index contributed by atoms with van der Waals surface area (Å²) in [4.78, 5) is 11.8. The minimum Gasteiger partial charge on any atom is -0.394 e. The maximum absolute atomic E-state index is 9.98. The number of nitrogen functional groups attached to an aromatic ring is 1. The molecule has 1 aliphatic rings. The van der Waals surface area contributed by atoms with Crippen molar-refractivity contribution < 1.29 is 21.4 Å². The summed E-state index contributed by atoms with van der Waals surface area (Å²) in [5, 5.41) is 29.0. The van der Waals surface area contributed by atoms with Crippen molar-refractivity contribution in [2.45, 2.75) is 24.5 Å². The molecule has 1 aliphatic heterocycles. The molecular formula is C10H13N5O4. The molecule has 0 amide bonds. The largest absolute Gasteiger partial charge is 0.394 e. The first kappa shape index (κ1) is 11.1. The minimum absolute atomic E-state index is 0.180. The highest BCUT2D eigenvalue weighted by atomic mass is 16.6. The van der Waals surface area contributed by atoms with E-state index in [4.69, 9.17) is 11.8 Å². The lowest BCUT2D eigenvalue weighted by Crippen LogP contribution is -2.33. The Hall–Kier alpha value is -1.81. The van der Waals surface area contributed by atoms with Crippen LogP contribution < -0.4 is 5.73 Å². The number of ether oxygens (including phenoxy) is 1. The van der Waals surface area contributed by atoms with Crippen molar-refractivity contribution in [2.24, 2.45) is 0 Å². The van der Waals surface area contributed by atoms with Gasteiger partial charge in [0.25, 0.3) is 0 Å². The maximum atomic E-state index is 9.98. The minimum atomic E-state index is -1.67. The molecule has 0 saturated carbocycles. The number of anilines is 1. The molecule has 3 heterocycles. The maximum Gasteiger partial charge on any atom is 0.167 e. The van der Waals surface area contributed by atoms with Gasteiger partial charge in [0, 0.05) is 0 Å². The monoisotopic (exact) mass is 268 g/mol. The van der Waals surface area contributed by atoms with Crippen LogP contribution >= 0.6 is 0 Å². The molecule has 0 spiro atoms. The van der Waals surface area contributed by atoms with Crippen LogP contribution in [0.5, 0.6) is 0 Å². The van der Waals surface area contributed by atoms with Crippen LogP contribution in [-0.2, 0) is 4.74 Å². The average Bonchev–Trinajstić information content (AvgIpc) is 2.94. The summed E-state index contributed by atoms with van der Waals surface area (Å²) in [6.07, 6.45) is -2.36. The van der Waals surface area contributed by atoms with Gasteiger partial charge in [0.1, 0.15) is 30.2 Å². The molecule has 19 heavy (non-hydrogen) atoms. The van der Waals surface area contributed by atoms with Crippen molar-refractivity contribution in [1.29, 1.82) is 0 Å². The smallest absolute Gasteiger partial charge is 0.167 e. The van der Waals surface area contributed by atoms with Gasteiger partial charge in [-0.3, -0.25) is 4.57 Å². The number of hydrogen-bond acceptors (Lipinski definition) is 8. The van der Waals surface area contributed by atoms with Gasteiger partial charge in [-0.25, -0.2) is 15.0 Å². The molecule has 0 aliphatic carbocycles. The quantitative estimate of drug-likeness (QED) is 0.491. The zero-order chi connectivity index (χ0) is 14.4. The zero-order valence-corrected chi connectivity index (χ0v) is 9.66. The van der Waals surface area contributed by atoms with Crippen LogP contribution in [0.25, 0.3) is 11.2 Å². The molecular weight excluding hydrogens is 254 g/mol. The number of aliphatic hydroxyl groups excluding tert-OH is 3. The van der Waals surface area contributed by atoms with Crippen LogP contribution in [0.3, 0.4) is 0 Å². The van der Waals surface area contributed by atoms with E-state index in [0.717, 1.165) is 0 Å². The van der Waals surface area contributed by atoms with Crippen molar-refractivity contribution in [3.05, 3.63) is 12.7 Å². The topological polar surface area (TPSA) is 140 Å². The predicted octanol–water partition coefficient (Wildman–Crippen LogP) is -1.98. The summed E-state index contributed by atoms with van der Waals surface area (Å²) in [6, 6.07) is 0. The van der Waals surface area contributed by atoms with E-state index in [-0.39, 0.29) is 5.82 Å². The van der Waals surface area contributed by atoms with Gasteiger partial charge >= 0.3 is 0 Å². The van der Waals surface area contributed by atoms with E-state index in [1.165, 1.54) is 17.2 Å². The molecule has 1 fully saturated rings. The molecule has 0 bridgehead atoms. The summed E-state index contributed by atoms with van der Waals surface area (Å²) in [7, 11) is 0. The van der Waals surface area contributed by atoms with E-state index in [0.29, 0.717) is 11.2 Å². The van der Waals surface area contributed by atoms with Gasteiger partial charge in [-0.15, -0.1) is 0 Å². The Bertz CT molecular complexity index is 635. The fourth-order valence-electron chi connectivity index (χ4n) is 2.09. The van der Waals surface area contributed by atoms with Gasteiger partial charge in [0.2, 0.25) is 0 Å². The molecule has 5 N–H and O–H groups in total. The predicted molar refractivity (Wildman–Crippen MR) is 62.7 cm³/mol. The highest BCUT2D eigenvalue weighted by Gasteiger charge is 2.43. The standard InChI is InChI=1S/C10H13N5O4/c11-8-5-9(13-2-12-8)15(3-14-5)10-7(18)6(17)4(1-16)19-10/h2-4,6-7,10,16-18H,1H2,(H2,11,12,13)/t4-,6-,7-,10-/m1/s1/i1D/t1-,4-,6-,7-,10-. The number of hydrogen-bond donors (Lipinski definition) is 4. The Morgan fingerprint density at radius 2 is 2.16 bits per heavy atom. The fourth-order valence-corrected chi connectivity index (χ4v) is 2.09. The molecule has 0 unspecified atom stereocenters. The molecule has 0 radical (unpaired) electrons. The third-order valence-corrected chi connectivity index (χ3v) is 3.08. The van der Waals surface area contributed by atoms with Gasteiger partial charge in [-0.05, 0) is 0 Å². The van der Waals surface area contributed by atoms with Crippen LogP contribution in [0.4, 0.5) is 5.82 Å². The molecule has 9 heteroatoms. The van der Waals surface area contributed by atoms with Crippen LogP contribution in [0.2, 0.25) is 0 Å². The van der Waals surface area contributed by atoms with Crippen molar-refractivity contribution in [1.82, 2.24) is 19.5 Å². The van der Waals surface area contributed by atoms with Crippen LogP contribution in [0, 0.1) is 0 Å². The Balaban J connectivity index is 2.02. The van der Waals surface area contributed by atoms with Crippen molar-refractivity contribution in [3.63, 3.8) is 0 Å². The lowest BCUT2D eigenvalue weighted by atomic mass is 10.1. The average molecular weight is 268 g/mol. The Morgan fingerprint density at radius 1 is 1.37 bits per heavy atom. The van der Waals surface area contributed by atoms with E-state index in [1.807, 2.05) is 0 Å². The Labute approximate surface area is 108 Å². The second-order valence-corrected chi connectivity index (χ2v) is 4.20. The Morgan fingerprint density at radius 3 is 2.84 bits per heavy atom. The van der Waals surface area contributed by atoms with Crippen LogP contribution in [0.15, 0.2) is 12.7 Å². The summed E-state index contributed by atoms with van der Waals surface area (Å²) >= 11 is 0. The third-order valence-electron chi connectivity index (χ3n) is 3.08. The first-order valence-corrected chi connectivity index (χ1v) is 5.55. The van der Waals surface area contributed by atoms with E-state index in [2.05, 4.69) is 15.0 Å². The molecule has 2 aromatic rings. The van der Waals surface area contributed by atoms with Gasteiger partial charge < -0.3 is 25.8 Å². The number of imidazole rings is 1. The van der Waals surface area contributed by atoms with Gasteiger partial charge in [0.15, 0.2) is 17.7 Å². The first-order valence-electron chi connectivity index (χ1n) is 6.13. The highest BCUT2D eigenvalue weighted by molar-refractivity contribution is 5.81. The number of rotatable bonds is 2. The van der Waals surface area contributed by atoms with Crippen molar-refractivity contribution in [3.8, 4) is 0 Å². The normalized spacial score (nSPS) is 33.5. The van der Waals surface area contributed by atoms with Crippen LogP contribution in [-0.4, -0.2) is 59.7 Å². The van der Waals surface area contributed by atoms with E-state index >= 15 is 0 Å². The number of fused-ring (bicyclic) bond motifs is 1. The number of nitrogens with zero attached hydrogens (tertiary/aromatic N) is 4. The first-order chi connectivity index (χ1) is 9.50. The second kappa shape index (κ2) is 4.38. The van der Waals surface area contributed by atoms with E-state index in [1.54, 1.807) is 0 Å². The fraction of sp³-hybridized carbons (Fsp3) is 0.500. The van der Waals surface area contributed by atoms with E-state index in [9.17, 15) is 15.3 Å². The Kier molecular flexibility index (Phi) is 2.55. The molecule has 102 valence electrons. The highest BCUT2D eigenvalue weighted by Crippen LogP contribution is 2.31. The second-order valence-electron chi connectivity index (χ2n) is 4.20. The summed E-state index contributed by atoms with van der Waals surface area (Å²) in [5.41, 5.74) is 6.32. The lowest BCUT2D eigenvalue weighted by molar-refractivity contribution is -0.0511. The molecule has 2 aromatic heterocycles. The van der Waals surface area contributed by atoms with Gasteiger partial charge in [-0.2, -0.15) is 0 Å². The molecule has 3 rings (SSSR count). The van der Waals surface area contributed by atoms with Crippen LogP contribution in [0.1, 0.15) is 7.60 Å². The SMILES string of the molecule is [2H][C@@H](O)[C@H]1O[C@@H](n2cnc3c(N)ncnc32)[C@H](O)[C@@H]1O. The molecule has 5 atom stereocenters. The van der Waals surface area contributed by atoms with E-state index < -0.39 is 31.1 Å². The number of aromatic nitrogens is 4. The summed E-state index contributed by atoms with van der Waals surface area (Å²) < 4.78 is 13.9. The summed E-state index contributed by atoms with van der Waals surface area (Å²) in [6.45, 7) is -1.67. The van der Waals surface area contributed by atoms with Crippen molar-refractivity contribution >= 4 is 17.0 Å². The molecule has 0 aromatic carbocycles. The zero-order valence-electron chi connectivity index (χ0n) is 10.7. The van der Waals surface area contributed by atoms with Crippen molar-refractivity contribution in [2.75, 3.05) is 12.3 Å². The summed E-state index contributed by atoms with van der Waals surface area (Å²) in [5.74, 6) is 0.180. The lowest BCUT2D eigenvalue weighted by Gasteiger charge is -2.16.